The van der Waals surface area contributed by atoms with Gasteiger partial charge in [-0.25, -0.2) is 8.42 Å². The average Bonchev–Trinajstić information content (AvgIpc) is 2.91. The molecule has 1 aromatic rings. The van der Waals surface area contributed by atoms with Crippen molar-refractivity contribution in [3.8, 4) is 5.75 Å². The SMILES string of the molecule is NC(=O)C1CCCN1S(=O)(=O)CCOc1ccc(N)cc1. The van der Waals surface area contributed by atoms with E-state index in [2.05, 4.69) is 0 Å². The molecule has 1 unspecified atom stereocenters. The van der Waals surface area contributed by atoms with Crippen LogP contribution in [0, 0.1) is 0 Å². The quantitative estimate of drug-likeness (QED) is 0.713. The fourth-order valence-corrected chi connectivity index (χ4v) is 3.84. The van der Waals surface area contributed by atoms with E-state index in [9.17, 15) is 13.2 Å². The summed E-state index contributed by atoms with van der Waals surface area (Å²) in [5.41, 5.74) is 11.4. The topological polar surface area (TPSA) is 116 Å². The molecule has 1 aliphatic rings. The van der Waals surface area contributed by atoms with Gasteiger partial charge in [-0.15, -0.1) is 0 Å². The van der Waals surface area contributed by atoms with Crippen molar-refractivity contribution in [1.29, 1.82) is 0 Å². The number of primary amides is 1. The number of hydrogen-bond donors (Lipinski definition) is 2. The van der Waals surface area contributed by atoms with E-state index in [1.807, 2.05) is 0 Å². The van der Waals surface area contributed by atoms with E-state index in [0.717, 1.165) is 0 Å². The number of ether oxygens (including phenoxy) is 1. The number of carbonyl (C=O) groups excluding carboxylic acids is 1. The van der Waals surface area contributed by atoms with Crippen LogP contribution in [0.4, 0.5) is 5.69 Å². The summed E-state index contributed by atoms with van der Waals surface area (Å²) < 4.78 is 31.0. The highest BCUT2D eigenvalue weighted by molar-refractivity contribution is 7.89. The number of hydrogen-bond acceptors (Lipinski definition) is 5. The summed E-state index contributed by atoms with van der Waals surface area (Å²) in [5.74, 6) is -0.246. The minimum Gasteiger partial charge on any atom is -0.492 e. The Hall–Kier alpha value is -1.80. The molecule has 1 amide bonds. The van der Waals surface area contributed by atoms with E-state index in [1.54, 1.807) is 24.3 Å². The molecule has 21 heavy (non-hydrogen) atoms. The molecule has 0 radical (unpaired) electrons. The smallest absolute Gasteiger partial charge is 0.235 e. The Morgan fingerprint density at radius 2 is 2.00 bits per heavy atom. The maximum absolute atomic E-state index is 12.2. The summed E-state index contributed by atoms with van der Waals surface area (Å²) in [4.78, 5) is 11.3. The molecular weight excluding hydrogens is 294 g/mol. The zero-order valence-corrected chi connectivity index (χ0v) is 12.4. The molecule has 1 atom stereocenters. The number of nitrogens with two attached hydrogens (primary N) is 2. The Morgan fingerprint density at radius 3 is 2.62 bits per heavy atom. The number of carbonyl (C=O) groups is 1. The van der Waals surface area contributed by atoms with Crippen LogP contribution in [0.15, 0.2) is 24.3 Å². The van der Waals surface area contributed by atoms with Gasteiger partial charge in [0.05, 0.1) is 5.75 Å². The molecule has 7 nitrogen and oxygen atoms in total. The van der Waals surface area contributed by atoms with Crippen LogP contribution in [0.2, 0.25) is 0 Å². The molecule has 1 heterocycles. The fraction of sp³-hybridized carbons (Fsp3) is 0.462. The van der Waals surface area contributed by atoms with Crippen molar-refractivity contribution < 1.29 is 17.9 Å². The largest absolute Gasteiger partial charge is 0.492 e. The molecule has 1 aromatic carbocycles. The second-order valence-electron chi connectivity index (χ2n) is 4.90. The minimum atomic E-state index is -3.55. The van der Waals surface area contributed by atoms with Crippen molar-refractivity contribution in [3.63, 3.8) is 0 Å². The number of anilines is 1. The van der Waals surface area contributed by atoms with Gasteiger partial charge in [-0.05, 0) is 37.1 Å². The summed E-state index contributed by atoms with van der Waals surface area (Å²) in [7, 11) is -3.55. The predicted molar refractivity (Wildman–Crippen MR) is 79.1 cm³/mol. The Bertz CT molecular complexity index is 600. The van der Waals surface area contributed by atoms with Crippen molar-refractivity contribution in [2.75, 3.05) is 24.6 Å². The summed E-state index contributed by atoms with van der Waals surface area (Å²) in [6.07, 6.45) is 1.12. The Labute approximate surface area is 123 Å². The van der Waals surface area contributed by atoms with Gasteiger partial charge in [-0.1, -0.05) is 0 Å². The standard InChI is InChI=1S/C13H19N3O4S/c14-10-3-5-11(6-4-10)20-8-9-21(18,19)16-7-1-2-12(16)13(15)17/h3-6,12H,1-2,7-9,14H2,(H2,15,17). The first-order valence-electron chi connectivity index (χ1n) is 6.67. The second kappa shape index (κ2) is 6.31. The number of benzene rings is 1. The third-order valence-corrected chi connectivity index (χ3v) is 5.21. The molecule has 2 rings (SSSR count). The summed E-state index contributed by atoms with van der Waals surface area (Å²) in [6, 6.07) is 5.96. The summed E-state index contributed by atoms with van der Waals surface area (Å²) in [6.45, 7) is 0.339. The van der Waals surface area contributed by atoms with E-state index < -0.39 is 22.0 Å². The maximum Gasteiger partial charge on any atom is 0.235 e. The molecule has 0 aromatic heterocycles. The van der Waals surface area contributed by atoms with Crippen molar-refractivity contribution in [3.05, 3.63) is 24.3 Å². The zero-order valence-electron chi connectivity index (χ0n) is 11.6. The molecule has 8 heteroatoms. The van der Waals surface area contributed by atoms with Crippen molar-refractivity contribution >= 4 is 21.6 Å². The van der Waals surface area contributed by atoms with Gasteiger partial charge < -0.3 is 16.2 Å². The van der Waals surface area contributed by atoms with Gasteiger partial charge in [-0.2, -0.15) is 4.31 Å². The molecule has 116 valence electrons. The van der Waals surface area contributed by atoms with Crippen LogP contribution in [0.5, 0.6) is 5.75 Å². The first kappa shape index (κ1) is 15.6. The van der Waals surface area contributed by atoms with Crippen molar-refractivity contribution in [1.82, 2.24) is 4.31 Å². The van der Waals surface area contributed by atoms with Crippen LogP contribution in [0.3, 0.4) is 0 Å². The zero-order chi connectivity index (χ0) is 15.5. The first-order valence-corrected chi connectivity index (χ1v) is 8.28. The van der Waals surface area contributed by atoms with E-state index in [4.69, 9.17) is 16.2 Å². The molecular formula is C13H19N3O4S. The molecule has 1 saturated heterocycles. The van der Waals surface area contributed by atoms with Gasteiger partial charge in [0.25, 0.3) is 0 Å². The third kappa shape index (κ3) is 3.85. The molecule has 0 bridgehead atoms. The Kier molecular flexibility index (Phi) is 4.69. The number of nitrogens with zero attached hydrogens (tertiary/aromatic N) is 1. The number of amides is 1. The highest BCUT2D eigenvalue weighted by Gasteiger charge is 2.37. The maximum atomic E-state index is 12.2. The van der Waals surface area contributed by atoms with Crippen LogP contribution in [-0.4, -0.2) is 43.6 Å². The van der Waals surface area contributed by atoms with Crippen molar-refractivity contribution in [2.24, 2.45) is 5.73 Å². The normalized spacial score (nSPS) is 19.5. The van der Waals surface area contributed by atoms with Crippen LogP contribution < -0.4 is 16.2 Å². The van der Waals surface area contributed by atoms with Gasteiger partial charge in [-0.3, -0.25) is 4.79 Å². The summed E-state index contributed by atoms with van der Waals surface area (Å²) >= 11 is 0. The van der Waals surface area contributed by atoms with Gasteiger partial charge in [0, 0.05) is 12.2 Å². The lowest BCUT2D eigenvalue weighted by Crippen LogP contribution is -2.45. The lowest BCUT2D eigenvalue weighted by Gasteiger charge is -2.21. The highest BCUT2D eigenvalue weighted by atomic mass is 32.2. The molecule has 4 N–H and O–H groups in total. The molecule has 0 saturated carbocycles. The van der Waals surface area contributed by atoms with Crippen LogP contribution in [0.1, 0.15) is 12.8 Å². The average molecular weight is 313 g/mol. The van der Waals surface area contributed by atoms with E-state index in [0.29, 0.717) is 30.8 Å². The van der Waals surface area contributed by atoms with Gasteiger partial charge in [0.1, 0.15) is 18.4 Å². The van der Waals surface area contributed by atoms with Crippen LogP contribution >= 0.6 is 0 Å². The summed E-state index contributed by atoms with van der Waals surface area (Å²) in [5, 5.41) is 0. The van der Waals surface area contributed by atoms with E-state index >= 15 is 0 Å². The molecule has 1 aliphatic heterocycles. The monoisotopic (exact) mass is 313 g/mol. The molecule has 0 spiro atoms. The third-order valence-electron chi connectivity index (χ3n) is 3.38. The van der Waals surface area contributed by atoms with Gasteiger partial charge in [0.15, 0.2) is 0 Å². The van der Waals surface area contributed by atoms with E-state index in [1.165, 1.54) is 4.31 Å². The van der Waals surface area contributed by atoms with Gasteiger partial charge in [0.2, 0.25) is 15.9 Å². The molecule has 0 aliphatic carbocycles. The van der Waals surface area contributed by atoms with E-state index in [-0.39, 0.29) is 12.4 Å². The fourth-order valence-electron chi connectivity index (χ4n) is 2.30. The minimum absolute atomic E-state index is 0.00817. The molecule has 1 fully saturated rings. The van der Waals surface area contributed by atoms with Crippen molar-refractivity contribution in [2.45, 2.75) is 18.9 Å². The van der Waals surface area contributed by atoms with Crippen LogP contribution in [-0.2, 0) is 14.8 Å². The first-order chi connectivity index (χ1) is 9.90. The van der Waals surface area contributed by atoms with Crippen LogP contribution in [0.25, 0.3) is 0 Å². The Morgan fingerprint density at radius 1 is 1.33 bits per heavy atom. The Balaban J connectivity index is 1.92. The number of nitrogen functional groups attached to an aromatic ring is 1. The second-order valence-corrected chi connectivity index (χ2v) is 6.95. The number of rotatable bonds is 6. The lowest BCUT2D eigenvalue weighted by atomic mass is 10.2. The van der Waals surface area contributed by atoms with Gasteiger partial charge >= 0.3 is 0 Å². The number of sulfonamides is 1. The lowest BCUT2D eigenvalue weighted by molar-refractivity contribution is -0.121. The highest BCUT2D eigenvalue weighted by Crippen LogP contribution is 2.21. The predicted octanol–water partition coefficient (Wildman–Crippen LogP) is -0.0729.